The standard InChI is InChI=1S/C20H21NO3/c1-4-18-17(16-7-5-6-8-19(16)24-18)13-21(2)20(22)14-9-11-15(23-3)12-10-14/h5-12H,4,13H2,1-3H3. The van der Waals surface area contributed by atoms with Crippen LogP contribution < -0.4 is 4.74 Å². The number of fused-ring (bicyclic) bond motifs is 1. The Morgan fingerprint density at radius 2 is 1.83 bits per heavy atom. The van der Waals surface area contributed by atoms with Crippen molar-refractivity contribution in [1.82, 2.24) is 4.90 Å². The molecule has 0 bridgehead atoms. The zero-order chi connectivity index (χ0) is 17.1. The average molecular weight is 323 g/mol. The maximum atomic E-state index is 12.7. The summed E-state index contributed by atoms with van der Waals surface area (Å²) < 4.78 is 11.0. The molecule has 0 spiro atoms. The van der Waals surface area contributed by atoms with E-state index in [1.807, 2.05) is 31.3 Å². The zero-order valence-corrected chi connectivity index (χ0v) is 14.2. The zero-order valence-electron chi connectivity index (χ0n) is 14.2. The Morgan fingerprint density at radius 1 is 1.12 bits per heavy atom. The normalized spacial score (nSPS) is 10.8. The predicted molar refractivity (Wildman–Crippen MR) is 94.4 cm³/mol. The van der Waals surface area contributed by atoms with Gasteiger partial charge in [0.15, 0.2) is 0 Å². The van der Waals surface area contributed by atoms with Crippen molar-refractivity contribution in [2.45, 2.75) is 19.9 Å². The first kappa shape index (κ1) is 16.1. The fourth-order valence-electron chi connectivity index (χ4n) is 2.87. The molecule has 3 aromatic rings. The van der Waals surface area contributed by atoms with E-state index in [1.54, 1.807) is 36.3 Å². The molecule has 1 amide bonds. The second kappa shape index (κ2) is 6.79. The number of benzene rings is 2. The Hall–Kier alpha value is -2.75. The van der Waals surface area contributed by atoms with E-state index in [4.69, 9.17) is 9.15 Å². The first-order chi connectivity index (χ1) is 11.6. The SMILES string of the molecule is CCc1oc2ccccc2c1CN(C)C(=O)c1ccc(OC)cc1. The van der Waals surface area contributed by atoms with Crippen molar-refractivity contribution >= 4 is 16.9 Å². The second-order valence-corrected chi connectivity index (χ2v) is 5.74. The van der Waals surface area contributed by atoms with E-state index in [0.29, 0.717) is 12.1 Å². The highest BCUT2D eigenvalue weighted by Gasteiger charge is 2.18. The molecule has 0 aliphatic carbocycles. The first-order valence-electron chi connectivity index (χ1n) is 8.02. The van der Waals surface area contributed by atoms with Gasteiger partial charge in [-0.15, -0.1) is 0 Å². The highest BCUT2D eigenvalue weighted by Crippen LogP contribution is 2.27. The number of hydrogen-bond acceptors (Lipinski definition) is 3. The quantitative estimate of drug-likeness (QED) is 0.704. The van der Waals surface area contributed by atoms with Crippen LogP contribution in [0.2, 0.25) is 0 Å². The third-order valence-corrected chi connectivity index (χ3v) is 4.18. The summed E-state index contributed by atoms with van der Waals surface area (Å²) >= 11 is 0. The van der Waals surface area contributed by atoms with Crippen LogP contribution in [0.4, 0.5) is 0 Å². The van der Waals surface area contributed by atoms with E-state index >= 15 is 0 Å². The first-order valence-corrected chi connectivity index (χ1v) is 8.02. The van der Waals surface area contributed by atoms with Crippen LogP contribution in [0.25, 0.3) is 11.0 Å². The maximum Gasteiger partial charge on any atom is 0.253 e. The van der Waals surface area contributed by atoms with Gasteiger partial charge in [0, 0.05) is 36.5 Å². The Bertz CT molecular complexity index is 849. The topological polar surface area (TPSA) is 42.7 Å². The van der Waals surface area contributed by atoms with Gasteiger partial charge >= 0.3 is 0 Å². The summed E-state index contributed by atoms with van der Waals surface area (Å²) in [6.45, 7) is 2.58. The van der Waals surface area contributed by atoms with Crippen LogP contribution >= 0.6 is 0 Å². The highest BCUT2D eigenvalue weighted by molar-refractivity contribution is 5.94. The Kier molecular flexibility index (Phi) is 4.56. The van der Waals surface area contributed by atoms with Gasteiger partial charge < -0.3 is 14.1 Å². The van der Waals surface area contributed by atoms with Crippen LogP contribution in [-0.2, 0) is 13.0 Å². The van der Waals surface area contributed by atoms with Crippen molar-refractivity contribution < 1.29 is 13.9 Å². The van der Waals surface area contributed by atoms with Gasteiger partial charge in [0.25, 0.3) is 5.91 Å². The van der Waals surface area contributed by atoms with E-state index in [-0.39, 0.29) is 5.91 Å². The maximum absolute atomic E-state index is 12.7. The summed E-state index contributed by atoms with van der Waals surface area (Å²) in [5.74, 6) is 1.65. The monoisotopic (exact) mass is 323 g/mol. The third kappa shape index (κ3) is 3.00. The molecule has 0 aliphatic heterocycles. The van der Waals surface area contributed by atoms with Crippen molar-refractivity contribution in [1.29, 1.82) is 0 Å². The molecule has 4 heteroatoms. The number of carbonyl (C=O) groups is 1. The molecule has 0 saturated heterocycles. The van der Waals surface area contributed by atoms with Gasteiger partial charge in [-0.1, -0.05) is 25.1 Å². The molecule has 2 aromatic carbocycles. The van der Waals surface area contributed by atoms with Gasteiger partial charge in [-0.3, -0.25) is 4.79 Å². The van der Waals surface area contributed by atoms with Crippen molar-refractivity contribution in [3.63, 3.8) is 0 Å². The average Bonchev–Trinajstić information content (AvgIpc) is 2.99. The molecule has 1 heterocycles. The Labute approximate surface area is 141 Å². The molecule has 4 nitrogen and oxygen atoms in total. The number of aryl methyl sites for hydroxylation is 1. The number of para-hydroxylation sites is 1. The summed E-state index contributed by atoms with van der Waals surface area (Å²) in [7, 11) is 3.42. The fourth-order valence-corrected chi connectivity index (χ4v) is 2.87. The second-order valence-electron chi connectivity index (χ2n) is 5.74. The molecule has 0 N–H and O–H groups in total. The van der Waals surface area contributed by atoms with E-state index in [9.17, 15) is 4.79 Å². The summed E-state index contributed by atoms with van der Waals surface area (Å²) in [4.78, 5) is 14.4. The number of rotatable bonds is 5. The van der Waals surface area contributed by atoms with Gasteiger partial charge in [-0.2, -0.15) is 0 Å². The van der Waals surface area contributed by atoms with Crippen LogP contribution in [0.5, 0.6) is 5.75 Å². The Morgan fingerprint density at radius 3 is 2.50 bits per heavy atom. The van der Waals surface area contributed by atoms with Gasteiger partial charge in [-0.05, 0) is 30.3 Å². The lowest BCUT2D eigenvalue weighted by Crippen LogP contribution is -2.26. The molecule has 0 atom stereocenters. The number of methoxy groups -OCH3 is 1. The minimum absolute atomic E-state index is 0.0232. The van der Waals surface area contributed by atoms with Gasteiger partial charge in [0.05, 0.1) is 7.11 Å². The third-order valence-electron chi connectivity index (χ3n) is 4.18. The van der Waals surface area contributed by atoms with Crippen molar-refractivity contribution in [2.24, 2.45) is 0 Å². The molecule has 0 unspecified atom stereocenters. The van der Waals surface area contributed by atoms with Gasteiger partial charge in [-0.25, -0.2) is 0 Å². The highest BCUT2D eigenvalue weighted by atomic mass is 16.5. The molecular weight excluding hydrogens is 302 g/mol. The van der Waals surface area contributed by atoms with Crippen LogP contribution in [0.15, 0.2) is 52.9 Å². The summed E-state index contributed by atoms with van der Waals surface area (Å²) in [6.07, 6.45) is 0.800. The van der Waals surface area contributed by atoms with Crippen LogP contribution in [0, 0.1) is 0 Å². The predicted octanol–water partition coefficient (Wildman–Crippen LogP) is 4.28. The minimum atomic E-state index is -0.0232. The molecule has 0 saturated carbocycles. The van der Waals surface area contributed by atoms with Crippen LogP contribution in [-0.4, -0.2) is 25.0 Å². The molecule has 124 valence electrons. The summed E-state index contributed by atoms with van der Waals surface area (Å²) in [6, 6.07) is 15.1. The molecule has 0 aliphatic rings. The number of carbonyl (C=O) groups excluding carboxylic acids is 1. The number of amides is 1. The van der Waals surface area contributed by atoms with Gasteiger partial charge in [0.1, 0.15) is 17.1 Å². The molecule has 24 heavy (non-hydrogen) atoms. The molecule has 3 rings (SSSR count). The van der Waals surface area contributed by atoms with Gasteiger partial charge in [0.2, 0.25) is 0 Å². The van der Waals surface area contributed by atoms with E-state index in [0.717, 1.165) is 34.5 Å². The lowest BCUT2D eigenvalue weighted by molar-refractivity contribution is 0.0785. The molecule has 0 radical (unpaired) electrons. The number of ether oxygens (including phenoxy) is 1. The lowest BCUT2D eigenvalue weighted by Gasteiger charge is -2.17. The van der Waals surface area contributed by atoms with Crippen molar-refractivity contribution in [2.75, 3.05) is 14.2 Å². The minimum Gasteiger partial charge on any atom is -0.497 e. The molecular formula is C20H21NO3. The molecule has 1 aromatic heterocycles. The fraction of sp³-hybridized carbons (Fsp3) is 0.250. The number of hydrogen-bond donors (Lipinski definition) is 0. The summed E-state index contributed by atoms with van der Waals surface area (Å²) in [5, 5.41) is 1.07. The van der Waals surface area contributed by atoms with Crippen LogP contribution in [0.3, 0.4) is 0 Å². The lowest BCUT2D eigenvalue weighted by atomic mass is 10.1. The summed E-state index contributed by atoms with van der Waals surface area (Å²) in [5.41, 5.74) is 2.59. The van der Waals surface area contributed by atoms with E-state index < -0.39 is 0 Å². The van der Waals surface area contributed by atoms with E-state index in [2.05, 4.69) is 6.92 Å². The van der Waals surface area contributed by atoms with Crippen molar-refractivity contribution in [3.05, 3.63) is 65.4 Å². The van der Waals surface area contributed by atoms with E-state index in [1.165, 1.54) is 0 Å². The Balaban J connectivity index is 1.86. The molecule has 0 fully saturated rings. The van der Waals surface area contributed by atoms with Crippen LogP contribution in [0.1, 0.15) is 28.6 Å². The number of nitrogens with zero attached hydrogens (tertiary/aromatic N) is 1. The number of furan rings is 1. The largest absolute Gasteiger partial charge is 0.497 e. The smallest absolute Gasteiger partial charge is 0.253 e. The van der Waals surface area contributed by atoms with Crippen molar-refractivity contribution in [3.8, 4) is 5.75 Å².